The lowest BCUT2D eigenvalue weighted by atomic mass is 10.1. The van der Waals surface area contributed by atoms with Gasteiger partial charge in [0.15, 0.2) is 0 Å². The quantitative estimate of drug-likeness (QED) is 0.882. The molecule has 1 unspecified atom stereocenters. The normalized spacial score (nSPS) is 12.2. The van der Waals surface area contributed by atoms with Crippen LogP contribution in [-0.2, 0) is 0 Å². The Morgan fingerprint density at radius 3 is 2.00 bits per heavy atom. The first kappa shape index (κ1) is 12.6. The first-order chi connectivity index (χ1) is 8.69. The molecule has 0 saturated carbocycles. The van der Waals surface area contributed by atoms with E-state index < -0.39 is 0 Å². The molecule has 1 atom stereocenters. The van der Waals surface area contributed by atoms with Gasteiger partial charge in [0.2, 0.25) is 0 Å². The van der Waals surface area contributed by atoms with E-state index in [2.05, 4.69) is 0 Å². The second-order valence-corrected chi connectivity index (χ2v) is 4.14. The highest BCUT2D eigenvalue weighted by atomic mass is 19.1. The molecule has 2 nitrogen and oxygen atoms in total. The van der Waals surface area contributed by atoms with Gasteiger partial charge < -0.3 is 10.5 Å². The topological polar surface area (TPSA) is 35.2 Å². The van der Waals surface area contributed by atoms with Gasteiger partial charge in [-0.2, -0.15) is 0 Å². The standard InChI is InChI=1S/C15H16FNO/c1-2-15(17)11-3-7-13(8-4-11)18-14-9-5-12(16)6-10-14/h3-10,15H,2,17H2,1H3. The fourth-order valence-corrected chi connectivity index (χ4v) is 1.66. The predicted molar refractivity (Wildman–Crippen MR) is 70.1 cm³/mol. The SMILES string of the molecule is CCC(N)c1ccc(Oc2ccc(F)cc2)cc1. The minimum atomic E-state index is -0.272. The van der Waals surface area contributed by atoms with Gasteiger partial charge in [0.05, 0.1) is 0 Å². The minimum absolute atomic E-state index is 0.0601. The minimum Gasteiger partial charge on any atom is -0.457 e. The summed E-state index contributed by atoms with van der Waals surface area (Å²) in [6.45, 7) is 2.05. The number of rotatable bonds is 4. The lowest BCUT2D eigenvalue weighted by molar-refractivity contribution is 0.480. The van der Waals surface area contributed by atoms with Crippen LogP contribution in [0.5, 0.6) is 11.5 Å². The van der Waals surface area contributed by atoms with Crippen LogP contribution < -0.4 is 10.5 Å². The number of nitrogens with two attached hydrogens (primary N) is 1. The van der Waals surface area contributed by atoms with E-state index >= 15 is 0 Å². The summed E-state index contributed by atoms with van der Waals surface area (Å²) in [5.74, 6) is 1.06. The largest absolute Gasteiger partial charge is 0.457 e. The lowest BCUT2D eigenvalue weighted by Gasteiger charge is -2.10. The summed E-state index contributed by atoms with van der Waals surface area (Å²) in [5.41, 5.74) is 7.02. The number of hydrogen-bond acceptors (Lipinski definition) is 2. The summed E-state index contributed by atoms with van der Waals surface area (Å²) in [6, 6.07) is 13.6. The molecule has 0 fully saturated rings. The molecule has 0 aliphatic carbocycles. The average Bonchev–Trinajstić information content (AvgIpc) is 2.41. The molecule has 2 aromatic rings. The number of ether oxygens (including phenoxy) is 1. The Kier molecular flexibility index (Phi) is 3.95. The Labute approximate surface area is 106 Å². The molecular weight excluding hydrogens is 229 g/mol. The second-order valence-electron chi connectivity index (χ2n) is 4.14. The molecule has 0 aliphatic heterocycles. The van der Waals surface area contributed by atoms with Crippen LogP contribution in [0.3, 0.4) is 0 Å². The van der Waals surface area contributed by atoms with E-state index in [1.54, 1.807) is 12.1 Å². The summed E-state index contributed by atoms with van der Waals surface area (Å²) >= 11 is 0. The van der Waals surface area contributed by atoms with Crippen LogP contribution in [0.2, 0.25) is 0 Å². The zero-order valence-electron chi connectivity index (χ0n) is 10.3. The van der Waals surface area contributed by atoms with Crippen LogP contribution in [0, 0.1) is 5.82 Å². The van der Waals surface area contributed by atoms with Gasteiger partial charge in [-0.15, -0.1) is 0 Å². The summed E-state index contributed by atoms with van der Waals surface area (Å²) in [7, 11) is 0. The molecule has 0 aliphatic rings. The predicted octanol–water partition coefficient (Wildman–Crippen LogP) is 4.03. The van der Waals surface area contributed by atoms with Crippen LogP contribution >= 0.6 is 0 Å². The van der Waals surface area contributed by atoms with E-state index in [-0.39, 0.29) is 11.9 Å². The van der Waals surface area contributed by atoms with Crippen molar-refractivity contribution in [3.63, 3.8) is 0 Å². The molecule has 2 N–H and O–H groups in total. The Morgan fingerprint density at radius 1 is 1.00 bits per heavy atom. The van der Waals surface area contributed by atoms with Gasteiger partial charge in [-0.05, 0) is 48.4 Å². The molecule has 3 heteroatoms. The summed E-state index contributed by atoms with van der Waals surface area (Å²) in [4.78, 5) is 0. The Balaban J connectivity index is 2.08. The Hall–Kier alpha value is -1.87. The van der Waals surface area contributed by atoms with Crippen molar-refractivity contribution in [2.75, 3.05) is 0 Å². The van der Waals surface area contributed by atoms with Crippen molar-refractivity contribution in [1.29, 1.82) is 0 Å². The van der Waals surface area contributed by atoms with Crippen LogP contribution in [0.4, 0.5) is 4.39 Å². The molecule has 0 bridgehead atoms. The number of benzene rings is 2. The van der Waals surface area contributed by atoms with Crippen molar-refractivity contribution < 1.29 is 9.13 Å². The van der Waals surface area contributed by atoms with Crippen LogP contribution in [0.1, 0.15) is 24.9 Å². The molecule has 94 valence electrons. The summed E-state index contributed by atoms with van der Waals surface area (Å²) in [6.07, 6.45) is 0.901. The van der Waals surface area contributed by atoms with Gasteiger partial charge in [0.25, 0.3) is 0 Å². The van der Waals surface area contributed by atoms with Crippen molar-refractivity contribution in [1.82, 2.24) is 0 Å². The van der Waals surface area contributed by atoms with Crippen LogP contribution in [-0.4, -0.2) is 0 Å². The smallest absolute Gasteiger partial charge is 0.127 e. The van der Waals surface area contributed by atoms with Crippen molar-refractivity contribution in [2.24, 2.45) is 5.73 Å². The van der Waals surface area contributed by atoms with Gasteiger partial charge in [-0.25, -0.2) is 4.39 Å². The van der Waals surface area contributed by atoms with E-state index in [1.807, 2.05) is 31.2 Å². The summed E-state index contributed by atoms with van der Waals surface area (Å²) in [5, 5.41) is 0. The first-order valence-corrected chi connectivity index (χ1v) is 5.98. The maximum absolute atomic E-state index is 12.7. The molecule has 0 radical (unpaired) electrons. The van der Waals surface area contributed by atoms with Gasteiger partial charge in [0, 0.05) is 6.04 Å². The van der Waals surface area contributed by atoms with Crippen molar-refractivity contribution >= 4 is 0 Å². The van der Waals surface area contributed by atoms with Crippen molar-refractivity contribution in [2.45, 2.75) is 19.4 Å². The van der Waals surface area contributed by atoms with Gasteiger partial charge in [-0.3, -0.25) is 0 Å². The molecule has 2 rings (SSSR count). The maximum Gasteiger partial charge on any atom is 0.127 e. The first-order valence-electron chi connectivity index (χ1n) is 5.98. The average molecular weight is 245 g/mol. The van der Waals surface area contributed by atoms with E-state index in [4.69, 9.17) is 10.5 Å². The Morgan fingerprint density at radius 2 is 1.50 bits per heavy atom. The maximum atomic E-state index is 12.7. The lowest BCUT2D eigenvalue weighted by Crippen LogP contribution is -2.07. The molecular formula is C15H16FNO. The second kappa shape index (κ2) is 5.65. The fraction of sp³-hybridized carbons (Fsp3) is 0.200. The molecule has 0 heterocycles. The third-order valence-electron chi connectivity index (χ3n) is 2.80. The molecule has 2 aromatic carbocycles. The number of halogens is 1. The zero-order chi connectivity index (χ0) is 13.0. The van der Waals surface area contributed by atoms with E-state index in [9.17, 15) is 4.39 Å². The molecule has 0 spiro atoms. The molecule has 18 heavy (non-hydrogen) atoms. The van der Waals surface area contributed by atoms with Gasteiger partial charge in [-0.1, -0.05) is 19.1 Å². The highest BCUT2D eigenvalue weighted by Gasteiger charge is 2.03. The molecule has 0 amide bonds. The zero-order valence-corrected chi connectivity index (χ0v) is 10.3. The van der Waals surface area contributed by atoms with Crippen molar-refractivity contribution in [3.8, 4) is 11.5 Å². The number of hydrogen-bond donors (Lipinski definition) is 1. The monoisotopic (exact) mass is 245 g/mol. The third kappa shape index (κ3) is 3.08. The van der Waals surface area contributed by atoms with E-state index in [0.29, 0.717) is 11.5 Å². The Bertz CT molecular complexity index is 493. The van der Waals surface area contributed by atoms with Crippen LogP contribution in [0.25, 0.3) is 0 Å². The van der Waals surface area contributed by atoms with Crippen LogP contribution in [0.15, 0.2) is 48.5 Å². The van der Waals surface area contributed by atoms with E-state index in [0.717, 1.165) is 12.0 Å². The molecule has 0 saturated heterocycles. The highest BCUT2D eigenvalue weighted by molar-refractivity contribution is 5.33. The highest BCUT2D eigenvalue weighted by Crippen LogP contribution is 2.23. The van der Waals surface area contributed by atoms with E-state index in [1.165, 1.54) is 12.1 Å². The third-order valence-corrected chi connectivity index (χ3v) is 2.80. The van der Waals surface area contributed by atoms with Crippen molar-refractivity contribution in [3.05, 3.63) is 59.9 Å². The summed E-state index contributed by atoms with van der Waals surface area (Å²) < 4.78 is 18.3. The fourth-order valence-electron chi connectivity index (χ4n) is 1.66. The van der Waals surface area contributed by atoms with Gasteiger partial charge >= 0.3 is 0 Å². The van der Waals surface area contributed by atoms with Gasteiger partial charge in [0.1, 0.15) is 17.3 Å². The molecule has 0 aromatic heterocycles.